The fourth-order valence-corrected chi connectivity index (χ4v) is 3.93. The standard InChI is InChI=1S/C22H24N4/c1-14-5-4-12-22-19(20(23)13-24-21(14)22)11-10-18(26-22)9-8-17-7-6-15(2)25-16(17)3/h4-7,10-13,26H,8-9,23H2,1-3H3. The van der Waals surface area contributed by atoms with Gasteiger partial charge in [0.1, 0.15) is 5.54 Å². The first kappa shape index (κ1) is 16.6. The summed E-state index contributed by atoms with van der Waals surface area (Å²) in [5.41, 5.74) is 14.4. The van der Waals surface area contributed by atoms with E-state index in [-0.39, 0.29) is 0 Å². The van der Waals surface area contributed by atoms with E-state index in [9.17, 15) is 0 Å². The van der Waals surface area contributed by atoms with Gasteiger partial charge in [0, 0.05) is 22.7 Å². The zero-order valence-corrected chi connectivity index (χ0v) is 15.5. The molecule has 0 fully saturated rings. The molecule has 3 N–H and O–H groups in total. The number of aliphatic imine (C=N–C) groups is 1. The molecule has 1 aromatic rings. The minimum absolute atomic E-state index is 0.442. The average Bonchev–Trinajstić information content (AvgIpc) is 2.60. The van der Waals surface area contributed by atoms with Crippen molar-refractivity contribution >= 4 is 5.71 Å². The van der Waals surface area contributed by atoms with E-state index in [1.807, 2.05) is 6.92 Å². The molecule has 0 bridgehead atoms. The Morgan fingerprint density at radius 3 is 2.73 bits per heavy atom. The molecule has 4 heteroatoms. The Bertz CT molecular complexity index is 956. The van der Waals surface area contributed by atoms with Crippen LogP contribution in [0.5, 0.6) is 0 Å². The van der Waals surface area contributed by atoms with E-state index in [0.29, 0.717) is 0 Å². The van der Waals surface area contributed by atoms with Crippen LogP contribution in [0, 0.1) is 13.8 Å². The van der Waals surface area contributed by atoms with Gasteiger partial charge in [0.2, 0.25) is 0 Å². The Balaban J connectivity index is 1.61. The highest BCUT2D eigenvalue weighted by atomic mass is 15.0. The van der Waals surface area contributed by atoms with Crippen molar-refractivity contribution in [3.8, 4) is 0 Å². The van der Waals surface area contributed by atoms with Gasteiger partial charge in [-0.15, -0.1) is 0 Å². The van der Waals surface area contributed by atoms with Crippen LogP contribution in [0.15, 0.2) is 76.2 Å². The Morgan fingerprint density at radius 2 is 1.92 bits per heavy atom. The van der Waals surface area contributed by atoms with Crippen LogP contribution < -0.4 is 11.1 Å². The van der Waals surface area contributed by atoms with Crippen LogP contribution in [0.3, 0.4) is 0 Å². The molecular formula is C22H24N4. The van der Waals surface area contributed by atoms with Gasteiger partial charge in [-0.05, 0) is 63.0 Å². The van der Waals surface area contributed by atoms with Gasteiger partial charge in [0.15, 0.2) is 0 Å². The molecule has 0 saturated carbocycles. The van der Waals surface area contributed by atoms with E-state index in [1.165, 1.54) is 11.3 Å². The highest BCUT2D eigenvalue weighted by molar-refractivity contribution is 6.13. The largest absolute Gasteiger partial charge is 0.397 e. The first-order chi connectivity index (χ1) is 12.5. The molecule has 2 aliphatic heterocycles. The summed E-state index contributed by atoms with van der Waals surface area (Å²) in [5, 5.41) is 3.73. The zero-order chi connectivity index (χ0) is 18.3. The van der Waals surface area contributed by atoms with Crippen molar-refractivity contribution in [3.63, 3.8) is 0 Å². The molecule has 26 heavy (non-hydrogen) atoms. The molecule has 1 unspecified atom stereocenters. The third-order valence-electron chi connectivity index (χ3n) is 5.32. The molecular weight excluding hydrogens is 320 g/mol. The summed E-state index contributed by atoms with van der Waals surface area (Å²) in [6.07, 6.45) is 14.3. The van der Waals surface area contributed by atoms with E-state index in [0.717, 1.165) is 46.8 Å². The minimum atomic E-state index is -0.442. The summed E-state index contributed by atoms with van der Waals surface area (Å²) in [5.74, 6) is 0. The lowest BCUT2D eigenvalue weighted by molar-refractivity contribution is 0.611. The monoisotopic (exact) mass is 344 g/mol. The zero-order valence-electron chi connectivity index (χ0n) is 15.5. The quantitative estimate of drug-likeness (QED) is 0.881. The molecule has 4 nitrogen and oxygen atoms in total. The van der Waals surface area contributed by atoms with E-state index in [4.69, 9.17) is 5.73 Å². The van der Waals surface area contributed by atoms with Crippen molar-refractivity contribution in [1.29, 1.82) is 0 Å². The van der Waals surface area contributed by atoms with Crippen molar-refractivity contribution in [2.75, 3.05) is 0 Å². The molecule has 3 heterocycles. The van der Waals surface area contributed by atoms with E-state index >= 15 is 0 Å². The number of allylic oxidation sites excluding steroid dienone is 5. The predicted octanol–water partition coefficient (Wildman–Crippen LogP) is 3.55. The first-order valence-corrected chi connectivity index (χ1v) is 9.03. The molecule has 0 aromatic carbocycles. The van der Waals surface area contributed by atoms with Gasteiger partial charge in [0.25, 0.3) is 0 Å². The third-order valence-corrected chi connectivity index (χ3v) is 5.32. The van der Waals surface area contributed by atoms with Gasteiger partial charge >= 0.3 is 0 Å². The summed E-state index contributed by atoms with van der Waals surface area (Å²) in [4.78, 5) is 9.21. The molecule has 4 rings (SSSR count). The predicted molar refractivity (Wildman–Crippen MR) is 107 cm³/mol. The summed E-state index contributed by atoms with van der Waals surface area (Å²) in [6.45, 7) is 6.20. The highest BCUT2D eigenvalue weighted by Crippen LogP contribution is 2.37. The smallest absolute Gasteiger partial charge is 0.126 e. The number of nitrogens with two attached hydrogens (primary N) is 1. The highest BCUT2D eigenvalue weighted by Gasteiger charge is 2.43. The normalized spacial score (nSPS) is 23.6. The third kappa shape index (κ3) is 2.62. The van der Waals surface area contributed by atoms with Crippen LogP contribution in [0.2, 0.25) is 0 Å². The second kappa shape index (κ2) is 6.13. The molecule has 1 spiro atoms. The lowest BCUT2D eigenvalue weighted by Crippen LogP contribution is -2.56. The molecule has 1 atom stereocenters. The van der Waals surface area contributed by atoms with Gasteiger partial charge in [0.05, 0.1) is 17.6 Å². The molecule has 0 radical (unpaired) electrons. The molecule has 3 aliphatic rings. The van der Waals surface area contributed by atoms with Crippen LogP contribution >= 0.6 is 0 Å². The molecule has 1 aromatic heterocycles. The molecule has 0 saturated heterocycles. The van der Waals surface area contributed by atoms with E-state index in [2.05, 4.69) is 71.7 Å². The number of pyridine rings is 1. The second-order valence-corrected chi connectivity index (χ2v) is 7.17. The summed E-state index contributed by atoms with van der Waals surface area (Å²) < 4.78 is 0. The van der Waals surface area contributed by atoms with Gasteiger partial charge < -0.3 is 11.1 Å². The molecule has 132 valence electrons. The van der Waals surface area contributed by atoms with E-state index < -0.39 is 5.54 Å². The van der Waals surface area contributed by atoms with Gasteiger partial charge in [-0.25, -0.2) is 0 Å². The number of nitrogens with one attached hydrogen (secondary N) is 1. The minimum Gasteiger partial charge on any atom is -0.397 e. The fraction of sp³-hybridized carbons (Fsp3) is 0.273. The van der Waals surface area contributed by atoms with Crippen molar-refractivity contribution in [1.82, 2.24) is 10.3 Å². The maximum atomic E-state index is 6.24. The average molecular weight is 344 g/mol. The van der Waals surface area contributed by atoms with Crippen molar-refractivity contribution in [3.05, 3.63) is 88.2 Å². The van der Waals surface area contributed by atoms with Crippen LogP contribution in [0.25, 0.3) is 0 Å². The Hall–Kier alpha value is -2.88. The number of rotatable bonds is 3. The SMILES string of the molecule is CC1=CC=CC23NC(CCc4ccc(C)nc4C)=CC=C2C(N)=CN=C13. The van der Waals surface area contributed by atoms with Crippen LogP contribution in [-0.2, 0) is 6.42 Å². The Kier molecular flexibility index (Phi) is 3.91. The lowest BCUT2D eigenvalue weighted by Gasteiger charge is -2.42. The van der Waals surface area contributed by atoms with Crippen LogP contribution in [-0.4, -0.2) is 16.2 Å². The topological polar surface area (TPSA) is 63.3 Å². The van der Waals surface area contributed by atoms with Gasteiger partial charge in [-0.2, -0.15) is 0 Å². The Labute approximate surface area is 154 Å². The second-order valence-electron chi connectivity index (χ2n) is 7.17. The van der Waals surface area contributed by atoms with Gasteiger partial charge in [-0.1, -0.05) is 24.3 Å². The first-order valence-electron chi connectivity index (χ1n) is 9.03. The van der Waals surface area contributed by atoms with Crippen LogP contribution in [0.4, 0.5) is 0 Å². The number of hydrogen-bond donors (Lipinski definition) is 2. The number of hydrogen-bond acceptors (Lipinski definition) is 4. The van der Waals surface area contributed by atoms with Crippen LogP contribution in [0.1, 0.15) is 30.3 Å². The lowest BCUT2D eigenvalue weighted by atomic mass is 9.74. The maximum absolute atomic E-state index is 6.24. The summed E-state index contributed by atoms with van der Waals surface area (Å²) in [6, 6.07) is 4.26. The fourth-order valence-electron chi connectivity index (χ4n) is 3.93. The van der Waals surface area contributed by atoms with Crippen molar-refractivity contribution in [2.45, 2.75) is 39.2 Å². The number of dihydropyridines is 1. The maximum Gasteiger partial charge on any atom is 0.126 e. The van der Waals surface area contributed by atoms with Crippen molar-refractivity contribution < 1.29 is 0 Å². The number of nitrogens with zero attached hydrogens (tertiary/aromatic N) is 2. The van der Waals surface area contributed by atoms with E-state index in [1.54, 1.807) is 6.20 Å². The van der Waals surface area contributed by atoms with Crippen molar-refractivity contribution in [2.24, 2.45) is 10.7 Å². The Morgan fingerprint density at radius 1 is 1.08 bits per heavy atom. The number of aromatic nitrogens is 1. The summed E-state index contributed by atoms with van der Waals surface area (Å²) >= 11 is 0. The van der Waals surface area contributed by atoms with Gasteiger partial charge in [-0.3, -0.25) is 9.98 Å². The molecule has 0 amide bonds. The number of aryl methyl sites for hydroxylation is 3. The molecule has 1 aliphatic carbocycles. The summed E-state index contributed by atoms with van der Waals surface area (Å²) in [7, 11) is 0.